The lowest BCUT2D eigenvalue weighted by Crippen LogP contribution is -2.63. The minimum atomic E-state index is -0.312. The molecule has 6 heteroatoms. The van der Waals surface area contributed by atoms with Gasteiger partial charge in [-0.05, 0) is 53.4 Å². The third kappa shape index (κ3) is 7.18. The molecule has 2 fully saturated rings. The first-order valence-electron chi connectivity index (χ1n) is 12.4. The van der Waals surface area contributed by atoms with Gasteiger partial charge < -0.3 is 20.1 Å². The molecule has 4 atom stereocenters. The maximum absolute atomic E-state index is 12.5. The summed E-state index contributed by atoms with van der Waals surface area (Å²) in [6, 6.07) is 0. The molecule has 0 aromatic heterocycles. The summed E-state index contributed by atoms with van der Waals surface area (Å²) in [7, 11) is 0. The quantitative estimate of drug-likeness (QED) is 0.543. The van der Waals surface area contributed by atoms with E-state index in [0.717, 1.165) is 25.7 Å². The fraction of sp³-hybridized carbons (Fsp3) is 0.923. The van der Waals surface area contributed by atoms with Crippen molar-refractivity contribution in [1.82, 2.24) is 10.6 Å². The molecule has 6 nitrogen and oxygen atoms in total. The van der Waals surface area contributed by atoms with E-state index in [9.17, 15) is 9.59 Å². The van der Waals surface area contributed by atoms with Crippen molar-refractivity contribution in [3.63, 3.8) is 0 Å². The average Bonchev–Trinajstić information content (AvgIpc) is 2.56. The van der Waals surface area contributed by atoms with Crippen LogP contribution in [-0.4, -0.2) is 46.3 Å². The Balaban J connectivity index is 1.87. The topological polar surface area (TPSA) is 76.7 Å². The van der Waals surface area contributed by atoms with E-state index in [0.29, 0.717) is 11.8 Å². The molecule has 2 rings (SSSR count). The molecule has 32 heavy (non-hydrogen) atoms. The molecule has 0 amide bonds. The number of carbonyl (C=O) groups is 2. The van der Waals surface area contributed by atoms with Crippen LogP contribution in [0.2, 0.25) is 0 Å². The standard InChI is InChI=1S/C26H48N2O4/c1-17(2)25(9)15-19(13-23(5,6)27-25)31-21(29)11-12-22(30)32-20-14-24(7,8)28-26(10,16-20)18(3)4/h17-20,27-28H,11-16H2,1-10H3. The molecule has 0 aliphatic carbocycles. The Morgan fingerprint density at radius 1 is 0.688 bits per heavy atom. The van der Waals surface area contributed by atoms with Crippen molar-refractivity contribution in [2.75, 3.05) is 0 Å². The molecular weight excluding hydrogens is 404 g/mol. The monoisotopic (exact) mass is 452 g/mol. The highest BCUT2D eigenvalue weighted by molar-refractivity contribution is 5.77. The second kappa shape index (κ2) is 9.61. The minimum absolute atomic E-state index is 0.0669. The van der Waals surface area contributed by atoms with E-state index in [1.165, 1.54) is 0 Å². The van der Waals surface area contributed by atoms with Gasteiger partial charge in [0.05, 0.1) is 12.8 Å². The highest BCUT2D eigenvalue weighted by atomic mass is 16.6. The Kier molecular flexibility index (Phi) is 8.14. The van der Waals surface area contributed by atoms with Crippen molar-refractivity contribution in [2.45, 2.75) is 142 Å². The lowest BCUT2D eigenvalue weighted by molar-refractivity contribution is -0.161. The summed E-state index contributed by atoms with van der Waals surface area (Å²) in [5, 5.41) is 7.44. The van der Waals surface area contributed by atoms with Crippen LogP contribution in [0.1, 0.15) is 108 Å². The van der Waals surface area contributed by atoms with Crippen molar-refractivity contribution in [2.24, 2.45) is 11.8 Å². The summed E-state index contributed by atoms with van der Waals surface area (Å²) < 4.78 is 11.6. The lowest BCUT2D eigenvalue weighted by Gasteiger charge is -2.50. The van der Waals surface area contributed by atoms with Crippen LogP contribution in [0.4, 0.5) is 0 Å². The van der Waals surface area contributed by atoms with Gasteiger partial charge in [-0.3, -0.25) is 9.59 Å². The van der Waals surface area contributed by atoms with Gasteiger partial charge in [0.15, 0.2) is 0 Å². The van der Waals surface area contributed by atoms with Gasteiger partial charge in [0, 0.05) is 47.8 Å². The third-order valence-corrected chi connectivity index (χ3v) is 7.71. The molecule has 0 aromatic carbocycles. The normalized spacial score (nSPS) is 34.4. The molecule has 0 radical (unpaired) electrons. The van der Waals surface area contributed by atoms with Crippen LogP contribution in [0.15, 0.2) is 0 Å². The summed E-state index contributed by atoms with van der Waals surface area (Å²) in [6.45, 7) is 21.8. The first-order chi connectivity index (χ1) is 14.5. The van der Waals surface area contributed by atoms with E-state index < -0.39 is 0 Å². The van der Waals surface area contributed by atoms with Crippen LogP contribution in [0.5, 0.6) is 0 Å². The highest BCUT2D eigenvalue weighted by Gasteiger charge is 2.45. The Labute approximate surface area is 196 Å². The zero-order chi connectivity index (χ0) is 24.5. The Morgan fingerprint density at radius 3 is 1.28 bits per heavy atom. The van der Waals surface area contributed by atoms with Crippen LogP contribution in [0.25, 0.3) is 0 Å². The predicted octanol–water partition coefficient (Wildman–Crippen LogP) is 4.74. The molecule has 2 heterocycles. The van der Waals surface area contributed by atoms with E-state index in [-0.39, 0.29) is 59.1 Å². The Morgan fingerprint density at radius 2 is 1.00 bits per heavy atom. The molecule has 0 aromatic rings. The van der Waals surface area contributed by atoms with Crippen molar-refractivity contribution in [1.29, 1.82) is 0 Å². The van der Waals surface area contributed by atoms with Gasteiger partial charge in [0.25, 0.3) is 0 Å². The molecule has 0 saturated carbocycles. The van der Waals surface area contributed by atoms with Gasteiger partial charge in [-0.1, -0.05) is 27.7 Å². The smallest absolute Gasteiger partial charge is 0.306 e. The highest BCUT2D eigenvalue weighted by Crippen LogP contribution is 2.36. The number of rotatable bonds is 7. The zero-order valence-electron chi connectivity index (χ0n) is 22.2. The fourth-order valence-electron chi connectivity index (χ4n) is 5.60. The predicted molar refractivity (Wildman–Crippen MR) is 128 cm³/mol. The van der Waals surface area contributed by atoms with Crippen LogP contribution in [0.3, 0.4) is 0 Å². The largest absolute Gasteiger partial charge is 0.462 e. The summed E-state index contributed by atoms with van der Waals surface area (Å²) in [6.07, 6.45) is 2.95. The van der Waals surface area contributed by atoms with Crippen LogP contribution < -0.4 is 10.6 Å². The molecule has 4 unspecified atom stereocenters. The van der Waals surface area contributed by atoms with E-state index in [4.69, 9.17) is 9.47 Å². The summed E-state index contributed by atoms with van der Waals surface area (Å²) in [5.41, 5.74) is -0.384. The first-order valence-corrected chi connectivity index (χ1v) is 12.4. The zero-order valence-corrected chi connectivity index (χ0v) is 22.2. The van der Waals surface area contributed by atoms with Crippen molar-refractivity contribution < 1.29 is 19.1 Å². The molecular formula is C26H48N2O4. The van der Waals surface area contributed by atoms with E-state index in [1.807, 2.05) is 0 Å². The van der Waals surface area contributed by atoms with Gasteiger partial charge in [-0.25, -0.2) is 0 Å². The summed E-state index contributed by atoms with van der Waals surface area (Å²) >= 11 is 0. The van der Waals surface area contributed by atoms with Crippen LogP contribution in [-0.2, 0) is 19.1 Å². The van der Waals surface area contributed by atoms with Gasteiger partial charge in [0.2, 0.25) is 0 Å². The minimum Gasteiger partial charge on any atom is -0.462 e. The number of ether oxygens (including phenoxy) is 2. The van der Waals surface area contributed by atoms with Crippen molar-refractivity contribution in [3.8, 4) is 0 Å². The maximum atomic E-state index is 12.5. The summed E-state index contributed by atoms with van der Waals surface area (Å²) in [5.74, 6) is 0.217. The molecule has 0 bridgehead atoms. The first kappa shape index (κ1) is 27.1. The van der Waals surface area contributed by atoms with Gasteiger partial charge in [-0.2, -0.15) is 0 Å². The number of hydrogen-bond acceptors (Lipinski definition) is 6. The van der Waals surface area contributed by atoms with Crippen molar-refractivity contribution in [3.05, 3.63) is 0 Å². The molecule has 2 saturated heterocycles. The second-order valence-corrected chi connectivity index (χ2v) is 12.7. The number of carbonyl (C=O) groups excluding carboxylic acids is 2. The number of nitrogens with one attached hydrogen (secondary N) is 2. The maximum Gasteiger partial charge on any atom is 0.306 e. The second-order valence-electron chi connectivity index (χ2n) is 12.7. The molecule has 186 valence electrons. The average molecular weight is 453 g/mol. The fourth-order valence-corrected chi connectivity index (χ4v) is 5.60. The van der Waals surface area contributed by atoms with E-state index in [2.05, 4.69) is 79.9 Å². The summed E-state index contributed by atoms with van der Waals surface area (Å²) in [4.78, 5) is 25.1. The van der Waals surface area contributed by atoms with Crippen molar-refractivity contribution >= 4 is 11.9 Å². The van der Waals surface area contributed by atoms with Crippen LogP contribution in [0, 0.1) is 11.8 Å². The lowest BCUT2D eigenvalue weighted by atomic mass is 9.74. The molecule has 2 aliphatic heterocycles. The third-order valence-electron chi connectivity index (χ3n) is 7.71. The number of esters is 2. The molecule has 2 aliphatic rings. The van der Waals surface area contributed by atoms with E-state index in [1.54, 1.807) is 0 Å². The van der Waals surface area contributed by atoms with Gasteiger partial charge in [0.1, 0.15) is 12.2 Å². The number of hydrogen-bond donors (Lipinski definition) is 2. The van der Waals surface area contributed by atoms with Crippen LogP contribution >= 0.6 is 0 Å². The molecule has 2 N–H and O–H groups in total. The Bertz CT molecular complexity index is 629. The number of piperidine rings is 2. The SMILES string of the molecule is CC(C)C1(C)CC(OC(=O)CCC(=O)OC2CC(C)(C)NC(C)(C(C)C)C2)CC(C)(C)N1. The van der Waals surface area contributed by atoms with E-state index >= 15 is 0 Å². The Hall–Kier alpha value is -1.14. The molecule has 0 spiro atoms. The van der Waals surface area contributed by atoms with Gasteiger partial charge in [-0.15, -0.1) is 0 Å². The van der Waals surface area contributed by atoms with Gasteiger partial charge >= 0.3 is 11.9 Å².